The average molecular weight is 418 g/mol. The summed E-state index contributed by atoms with van der Waals surface area (Å²) in [7, 11) is 1.62. The van der Waals surface area contributed by atoms with E-state index in [1.807, 2.05) is 22.9 Å². The van der Waals surface area contributed by atoms with Crippen molar-refractivity contribution in [2.75, 3.05) is 38.2 Å². The number of ether oxygens (including phenoxy) is 1. The minimum absolute atomic E-state index is 0.492. The minimum atomic E-state index is 0.492. The van der Waals surface area contributed by atoms with Crippen molar-refractivity contribution in [3.8, 4) is 17.1 Å². The van der Waals surface area contributed by atoms with Crippen molar-refractivity contribution in [2.45, 2.75) is 6.67 Å². The summed E-state index contributed by atoms with van der Waals surface area (Å²) >= 11 is 11.6. The van der Waals surface area contributed by atoms with Gasteiger partial charge in [0.15, 0.2) is 5.82 Å². The summed E-state index contributed by atoms with van der Waals surface area (Å²) in [5, 5.41) is 3.89. The van der Waals surface area contributed by atoms with Crippen LogP contribution >= 0.6 is 23.8 Å². The standard InChI is InChI=1S/C18H20ClN7OS/c1-27-15-4-3-13(19)11-14(15)16-22-18(28)26(23-16)12-24-7-9-25(10-8-24)17-20-5-2-6-21-17/h2-6,11H,7-10,12H2,1H3,(H,22,23,28). The zero-order valence-corrected chi connectivity index (χ0v) is 16.9. The molecule has 146 valence electrons. The van der Waals surface area contributed by atoms with Crippen LogP contribution in [0.25, 0.3) is 11.4 Å². The molecule has 3 heterocycles. The van der Waals surface area contributed by atoms with Crippen LogP contribution in [0.5, 0.6) is 5.75 Å². The fraction of sp³-hybridized carbons (Fsp3) is 0.333. The number of H-pyrrole nitrogens is 1. The molecule has 1 aliphatic rings. The second kappa shape index (κ2) is 8.26. The largest absolute Gasteiger partial charge is 0.496 e. The van der Waals surface area contributed by atoms with Gasteiger partial charge < -0.3 is 9.64 Å². The Hall–Kier alpha value is -2.49. The molecule has 1 aliphatic heterocycles. The van der Waals surface area contributed by atoms with E-state index in [2.05, 4.69) is 29.9 Å². The van der Waals surface area contributed by atoms with E-state index in [4.69, 9.17) is 28.6 Å². The average Bonchev–Trinajstić information content (AvgIpc) is 3.09. The number of anilines is 1. The second-order valence-corrected chi connectivity index (χ2v) is 7.22. The van der Waals surface area contributed by atoms with Gasteiger partial charge in [-0.05, 0) is 36.5 Å². The molecule has 1 fully saturated rings. The van der Waals surface area contributed by atoms with Crippen LogP contribution < -0.4 is 9.64 Å². The fourth-order valence-corrected chi connectivity index (χ4v) is 3.55. The highest BCUT2D eigenvalue weighted by Crippen LogP contribution is 2.30. The molecule has 0 saturated carbocycles. The van der Waals surface area contributed by atoms with E-state index in [1.165, 1.54) is 0 Å². The van der Waals surface area contributed by atoms with Gasteiger partial charge in [-0.3, -0.25) is 10.00 Å². The molecular formula is C18H20ClN7OS. The Morgan fingerprint density at radius 2 is 1.93 bits per heavy atom. The third-order valence-corrected chi connectivity index (χ3v) is 5.19. The number of nitrogens with zero attached hydrogens (tertiary/aromatic N) is 6. The first-order chi connectivity index (χ1) is 13.6. The topological polar surface area (TPSA) is 75.1 Å². The predicted molar refractivity (Wildman–Crippen MR) is 110 cm³/mol. The number of hydrogen-bond acceptors (Lipinski definition) is 7. The Bertz CT molecular complexity index is 999. The number of hydrogen-bond donors (Lipinski definition) is 1. The number of piperazine rings is 1. The van der Waals surface area contributed by atoms with Gasteiger partial charge in [0.25, 0.3) is 0 Å². The van der Waals surface area contributed by atoms with Gasteiger partial charge in [0.1, 0.15) is 5.75 Å². The summed E-state index contributed by atoms with van der Waals surface area (Å²) in [5.74, 6) is 2.10. The minimum Gasteiger partial charge on any atom is -0.496 e. The Morgan fingerprint density at radius 1 is 1.18 bits per heavy atom. The van der Waals surface area contributed by atoms with Crippen molar-refractivity contribution in [2.24, 2.45) is 0 Å². The molecule has 0 spiro atoms. The molecule has 8 nitrogen and oxygen atoms in total. The highest BCUT2D eigenvalue weighted by atomic mass is 35.5. The van der Waals surface area contributed by atoms with Crippen molar-refractivity contribution in [3.05, 3.63) is 46.5 Å². The first kappa shape index (κ1) is 18.9. The van der Waals surface area contributed by atoms with E-state index < -0.39 is 0 Å². The first-order valence-electron chi connectivity index (χ1n) is 8.89. The van der Waals surface area contributed by atoms with Crippen molar-refractivity contribution in [1.29, 1.82) is 0 Å². The molecule has 0 amide bonds. The van der Waals surface area contributed by atoms with Crippen LogP contribution in [-0.2, 0) is 6.67 Å². The van der Waals surface area contributed by atoms with Gasteiger partial charge >= 0.3 is 0 Å². The molecule has 3 aromatic rings. The summed E-state index contributed by atoms with van der Waals surface area (Å²) in [4.78, 5) is 17.6. The maximum absolute atomic E-state index is 6.14. The lowest BCUT2D eigenvalue weighted by Crippen LogP contribution is -2.47. The fourth-order valence-electron chi connectivity index (χ4n) is 3.18. The molecule has 0 aliphatic carbocycles. The van der Waals surface area contributed by atoms with Crippen LogP contribution in [0, 0.1) is 4.77 Å². The Balaban J connectivity index is 1.46. The Labute approximate surface area is 172 Å². The summed E-state index contributed by atoms with van der Waals surface area (Å²) in [6.07, 6.45) is 3.54. The molecule has 0 bridgehead atoms. The molecule has 2 aromatic heterocycles. The molecule has 1 aromatic carbocycles. The normalized spacial score (nSPS) is 15.0. The zero-order chi connectivity index (χ0) is 19.5. The maximum atomic E-state index is 6.14. The summed E-state index contributed by atoms with van der Waals surface area (Å²) < 4.78 is 7.77. The van der Waals surface area contributed by atoms with Crippen LogP contribution in [0.3, 0.4) is 0 Å². The van der Waals surface area contributed by atoms with E-state index in [9.17, 15) is 0 Å². The lowest BCUT2D eigenvalue weighted by atomic mass is 10.2. The molecular weight excluding hydrogens is 398 g/mol. The number of halogens is 1. The predicted octanol–water partition coefficient (Wildman–Crippen LogP) is 2.84. The quantitative estimate of drug-likeness (QED) is 0.639. The molecule has 10 heteroatoms. The van der Waals surface area contributed by atoms with Gasteiger partial charge in [0.05, 0.1) is 19.3 Å². The lowest BCUT2D eigenvalue weighted by molar-refractivity contribution is 0.194. The van der Waals surface area contributed by atoms with E-state index in [0.29, 0.717) is 28.0 Å². The summed E-state index contributed by atoms with van der Waals surface area (Å²) in [6.45, 7) is 4.13. The zero-order valence-electron chi connectivity index (χ0n) is 15.4. The van der Waals surface area contributed by atoms with E-state index in [1.54, 1.807) is 25.6 Å². The van der Waals surface area contributed by atoms with Gasteiger partial charge in [0, 0.05) is 43.6 Å². The van der Waals surface area contributed by atoms with Gasteiger partial charge in [-0.2, -0.15) is 4.98 Å². The van der Waals surface area contributed by atoms with Gasteiger partial charge in [-0.15, -0.1) is 0 Å². The molecule has 1 saturated heterocycles. The lowest BCUT2D eigenvalue weighted by Gasteiger charge is -2.34. The first-order valence-corrected chi connectivity index (χ1v) is 9.68. The number of rotatable bonds is 5. The van der Waals surface area contributed by atoms with Crippen LogP contribution in [-0.4, -0.2) is 62.9 Å². The number of benzene rings is 1. The van der Waals surface area contributed by atoms with Gasteiger partial charge in [0.2, 0.25) is 10.7 Å². The van der Waals surface area contributed by atoms with Crippen LogP contribution in [0.1, 0.15) is 0 Å². The molecule has 4 rings (SSSR count). The van der Waals surface area contributed by atoms with E-state index in [0.717, 1.165) is 37.7 Å². The van der Waals surface area contributed by atoms with Crippen molar-refractivity contribution in [3.63, 3.8) is 0 Å². The number of aromatic amines is 1. The van der Waals surface area contributed by atoms with Crippen LogP contribution in [0.15, 0.2) is 36.7 Å². The van der Waals surface area contributed by atoms with E-state index in [-0.39, 0.29) is 0 Å². The Kier molecular flexibility index (Phi) is 5.56. The van der Waals surface area contributed by atoms with Crippen molar-refractivity contribution >= 4 is 29.8 Å². The van der Waals surface area contributed by atoms with Crippen molar-refractivity contribution in [1.82, 2.24) is 29.6 Å². The SMILES string of the molecule is COc1ccc(Cl)cc1-c1nc(=S)n(CN2CCN(c3ncccn3)CC2)[nH]1. The molecule has 1 N–H and O–H groups in total. The smallest absolute Gasteiger partial charge is 0.225 e. The third kappa shape index (κ3) is 4.01. The number of nitrogens with one attached hydrogen (secondary N) is 1. The molecule has 0 atom stereocenters. The number of aromatic nitrogens is 5. The third-order valence-electron chi connectivity index (χ3n) is 4.64. The molecule has 0 unspecified atom stereocenters. The van der Waals surface area contributed by atoms with Crippen LogP contribution in [0.4, 0.5) is 5.95 Å². The molecule has 28 heavy (non-hydrogen) atoms. The van der Waals surface area contributed by atoms with Gasteiger partial charge in [-0.25, -0.2) is 14.6 Å². The second-order valence-electron chi connectivity index (χ2n) is 6.42. The van der Waals surface area contributed by atoms with Gasteiger partial charge in [-0.1, -0.05) is 11.6 Å². The van der Waals surface area contributed by atoms with Crippen LogP contribution in [0.2, 0.25) is 5.02 Å². The monoisotopic (exact) mass is 417 g/mol. The highest BCUT2D eigenvalue weighted by molar-refractivity contribution is 7.71. The highest BCUT2D eigenvalue weighted by Gasteiger charge is 2.20. The maximum Gasteiger partial charge on any atom is 0.225 e. The van der Waals surface area contributed by atoms with E-state index >= 15 is 0 Å². The summed E-state index contributed by atoms with van der Waals surface area (Å²) in [5.41, 5.74) is 0.783. The molecule has 0 radical (unpaired) electrons. The number of methoxy groups -OCH3 is 1. The Morgan fingerprint density at radius 3 is 2.64 bits per heavy atom. The van der Waals surface area contributed by atoms with Crippen molar-refractivity contribution < 1.29 is 4.74 Å². The summed E-state index contributed by atoms with van der Waals surface area (Å²) in [6, 6.07) is 7.24.